The van der Waals surface area contributed by atoms with E-state index in [2.05, 4.69) is 18.9 Å². The number of likely N-dealkylation sites (tertiary alicyclic amines) is 1. The number of amides is 1. The van der Waals surface area contributed by atoms with Gasteiger partial charge in [-0.05, 0) is 31.8 Å². The molecule has 0 aromatic carbocycles. The normalized spacial score (nSPS) is 18.3. The zero-order valence-corrected chi connectivity index (χ0v) is 14.4. The highest BCUT2D eigenvalue weighted by Crippen LogP contribution is 2.23. The number of halogens is 1. The number of nitrogens with zero attached hydrogens (tertiary/aromatic N) is 3. The predicted molar refractivity (Wildman–Crippen MR) is 88.2 cm³/mol. The summed E-state index contributed by atoms with van der Waals surface area (Å²) in [6.45, 7) is 7.16. The minimum Gasteiger partial charge on any atom is -0.480 e. The standard InChI is InChI=1S/C16H22ClN3O3/c1-10(2)9-20-15(17)12(11(3)18-20)6-7-14(21)19-8-4-5-13(19)16(22)23/h6-7,10,13H,4-5,8-9H2,1-3H3,(H,22,23)/b7-6+/t13-/m1/s1. The summed E-state index contributed by atoms with van der Waals surface area (Å²) < 4.78 is 1.72. The van der Waals surface area contributed by atoms with E-state index >= 15 is 0 Å². The van der Waals surface area contributed by atoms with Gasteiger partial charge in [0.05, 0.1) is 5.69 Å². The van der Waals surface area contributed by atoms with Gasteiger partial charge in [-0.25, -0.2) is 4.79 Å². The molecule has 7 heteroatoms. The molecule has 0 aliphatic carbocycles. The predicted octanol–water partition coefficient (Wildman–Crippen LogP) is 2.59. The van der Waals surface area contributed by atoms with Gasteiger partial charge >= 0.3 is 5.97 Å². The average Bonchev–Trinajstić information content (AvgIpc) is 3.03. The van der Waals surface area contributed by atoms with Crippen LogP contribution in [-0.4, -0.2) is 44.3 Å². The number of hydrogen-bond donors (Lipinski definition) is 1. The van der Waals surface area contributed by atoms with Gasteiger partial charge in [0, 0.05) is 24.7 Å². The molecule has 1 aromatic rings. The van der Waals surface area contributed by atoms with E-state index in [0.717, 1.165) is 5.69 Å². The van der Waals surface area contributed by atoms with Gasteiger partial charge in [0.1, 0.15) is 11.2 Å². The zero-order chi connectivity index (χ0) is 17.1. The van der Waals surface area contributed by atoms with Gasteiger partial charge in [-0.2, -0.15) is 5.10 Å². The molecule has 1 aliphatic heterocycles. The van der Waals surface area contributed by atoms with E-state index in [1.807, 2.05) is 6.92 Å². The second kappa shape index (κ2) is 7.17. The molecule has 1 atom stereocenters. The van der Waals surface area contributed by atoms with Crippen molar-refractivity contribution in [2.45, 2.75) is 46.2 Å². The highest BCUT2D eigenvalue weighted by atomic mass is 35.5. The third kappa shape index (κ3) is 3.93. The first-order valence-corrected chi connectivity index (χ1v) is 8.13. The molecule has 0 bridgehead atoms. The number of hydrogen-bond acceptors (Lipinski definition) is 3. The summed E-state index contributed by atoms with van der Waals surface area (Å²) in [5.74, 6) is -0.851. The molecule has 1 amide bonds. The lowest BCUT2D eigenvalue weighted by Gasteiger charge is -2.19. The van der Waals surface area contributed by atoms with E-state index < -0.39 is 12.0 Å². The van der Waals surface area contributed by atoms with Crippen LogP contribution in [0.5, 0.6) is 0 Å². The van der Waals surface area contributed by atoms with Gasteiger partial charge in [-0.1, -0.05) is 25.4 Å². The van der Waals surface area contributed by atoms with E-state index in [9.17, 15) is 9.59 Å². The van der Waals surface area contributed by atoms with Crippen molar-refractivity contribution in [1.82, 2.24) is 14.7 Å². The average molecular weight is 340 g/mol. The number of aryl methyl sites for hydroxylation is 1. The fourth-order valence-electron chi connectivity index (χ4n) is 2.76. The van der Waals surface area contributed by atoms with Crippen molar-refractivity contribution < 1.29 is 14.7 Å². The molecule has 126 valence electrons. The molecule has 1 N–H and O–H groups in total. The Hall–Kier alpha value is -1.82. The molecule has 1 aliphatic rings. The molecule has 0 unspecified atom stereocenters. The van der Waals surface area contributed by atoms with Gasteiger partial charge in [0.15, 0.2) is 0 Å². The Morgan fingerprint density at radius 3 is 2.78 bits per heavy atom. The summed E-state index contributed by atoms with van der Waals surface area (Å²) in [5, 5.41) is 14.0. The van der Waals surface area contributed by atoms with E-state index in [4.69, 9.17) is 16.7 Å². The quantitative estimate of drug-likeness (QED) is 0.837. The topological polar surface area (TPSA) is 75.4 Å². The number of carbonyl (C=O) groups excluding carboxylic acids is 1. The Labute approximate surface area is 140 Å². The number of rotatable bonds is 5. The Morgan fingerprint density at radius 1 is 1.48 bits per heavy atom. The van der Waals surface area contributed by atoms with Crippen LogP contribution in [0, 0.1) is 12.8 Å². The molecule has 1 fully saturated rings. The van der Waals surface area contributed by atoms with Crippen LogP contribution in [0.25, 0.3) is 6.08 Å². The zero-order valence-electron chi connectivity index (χ0n) is 13.6. The van der Waals surface area contributed by atoms with E-state index in [-0.39, 0.29) is 5.91 Å². The maximum Gasteiger partial charge on any atom is 0.326 e. The second-order valence-corrected chi connectivity index (χ2v) is 6.59. The number of carboxylic acid groups (broad SMARTS) is 1. The van der Waals surface area contributed by atoms with E-state index in [1.165, 1.54) is 11.0 Å². The maximum absolute atomic E-state index is 12.2. The minimum atomic E-state index is -0.955. The summed E-state index contributed by atoms with van der Waals surface area (Å²) in [4.78, 5) is 24.8. The highest BCUT2D eigenvalue weighted by molar-refractivity contribution is 6.31. The molecule has 2 rings (SSSR count). The Kier molecular flexibility index (Phi) is 5.46. The third-order valence-corrected chi connectivity index (χ3v) is 4.26. The van der Waals surface area contributed by atoms with Gasteiger partial charge in [0.2, 0.25) is 5.91 Å². The van der Waals surface area contributed by atoms with Crippen LogP contribution in [0.3, 0.4) is 0 Å². The van der Waals surface area contributed by atoms with Crippen molar-refractivity contribution in [3.63, 3.8) is 0 Å². The van der Waals surface area contributed by atoms with Crippen molar-refractivity contribution in [3.8, 4) is 0 Å². The van der Waals surface area contributed by atoms with Crippen molar-refractivity contribution in [1.29, 1.82) is 0 Å². The molecular formula is C16H22ClN3O3. The highest BCUT2D eigenvalue weighted by Gasteiger charge is 2.32. The van der Waals surface area contributed by atoms with Crippen LogP contribution >= 0.6 is 11.6 Å². The van der Waals surface area contributed by atoms with Crippen LogP contribution in [-0.2, 0) is 16.1 Å². The van der Waals surface area contributed by atoms with Crippen LogP contribution < -0.4 is 0 Å². The first kappa shape index (κ1) is 17.5. The van der Waals surface area contributed by atoms with Crippen molar-refractivity contribution in [2.75, 3.05) is 6.54 Å². The number of carboxylic acids is 1. The number of aliphatic carboxylic acids is 1. The summed E-state index contributed by atoms with van der Waals surface area (Å²) in [6, 6.07) is -0.729. The summed E-state index contributed by atoms with van der Waals surface area (Å²) in [5.41, 5.74) is 1.45. The van der Waals surface area contributed by atoms with Gasteiger partial charge < -0.3 is 10.0 Å². The van der Waals surface area contributed by atoms with Crippen molar-refractivity contribution >= 4 is 29.6 Å². The van der Waals surface area contributed by atoms with Gasteiger partial charge in [-0.3, -0.25) is 9.48 Å². The van der Waals surface area contributed by atoms with E-state index in [0.29, 0.717) is 42.6 Å². The van der Waals surface area contributed by atoms with Gasteiger partial charge in [0.25, 0.3) is 0 Å². The first-order valence-electron chi connectivity index (χ1n) is 7.75. The second-order valence-electron chi connectivity index (χ2n) is 6.23. The maximum atomic E-state index is 12.2. The minimum absolute atomic E-state index is 0.304. The summed E-state index contributed by atoms with van der Waals surface area (Å²) >= 11 is 6.33. The molecule has 1 aromatic heterocycles. The fraction of sp³-hybridized carbons (Fsp3) is 0.562. The summed E-state index contributed by atoms with van der Waals surface area (Å²) in [7, 11) is 0. The van der Waals surface area contributed by atoms with Crippen molar-refractivity contribution in [3.05, 3.63) is 22.5 Å². The fourth-order valence-corrected chi connectivity index (χ4v) is 3.07. The molecule has 6 nitrogen and oxygen atoms in total. The van der Waals surface area contributed by atoms with Crippen molar-refractivity contribution in [2.24, 2.45) is 5.92 Å². The molecule has 1 saturated heterocycles. The molecule has 0 radical (unpaired) electrons. The number of aromatic nitrogens is 2. The van der Waals surface area contributed by atoms with E-state index in [1.54, 1.807) is 10.8 Å². The smallest absolute Gasteiger partial charge is 0.326 e. The largest absolute Gasteiger partial charge is 0.480 e. The monoisotopic (exact) mass is 339 g/mol. The lowest BCUT2D eigenvalue weighted by molar-refractivity contribution is -0.146. The molecule has 0 saturated carbocycles. The lowest BCUT2D eigenvalue weighted by Crippen LogP contribution is -2.39. The lowest BCUT2D eigenvalue weighted by atomic mass is 10.2. The molecular weight excluding hydrogens is 318 g/mol. The Balaban J connectivity index is 2.15. The Bertz CT molecular complexity index is 637. The van der Waals surface area contributed by atoms with Crippen LogP contribution in [0.4, 0.5) is 0 Å². The Morgan fingerprint density at radius 2 is 2.17 bits per heavy atom. The molecule has 23 heavy (non-hydrogen) atoms. The van der Waals surface area contributed by atoms with Crippen LogP contribution in [0.15, 0.2) is 6.08 Å². The van der Waals surface area contributed by atoms with Gasteiger partial charge in [-0.15, -0.1) is 0 Å². The molecule has 2 heterocycles. The SMILES string of the molecule is Cc1nn(CC(C)C)c(Cl)c1/C=C/C(=O)N1CCC[C@@H]1C(=O)O. The first-order chi connectivity index (χ1) is 10.8. The van der Waals surface area contributed by atoms with Crippen LogP contribution in [0.2, 0.25) is 5.15 Å². The number of carbonyl (C=O) groups is 2. The van der Waals surface area contributed by atoms with Crippen LogP contribution in [0.1, 0.15) is 37.9 Å². The third-order valence-electron chi connectivity index (χ3n) is 3.86. The summed E-state index contributed by atoms with van der Waals surface area (Å²) in [6.07, 6.45) is 4.22. The molecule has 0 spiro atoms.